The summed E-state index contributed by atoms with van der Waals surface area (Å²) < 4.78 is 0. The lowest BCUT2D eigenvalue weighted by Crippen LogP contribution is -2.30. The Hall–Kier alpha value is -0.730. The Morgan fingerprint density at radius 3 is 2.33 bits per heavy atom. The van der Waals surface area contributed by atoms with Crippen molar-refractivity contribution in [3.63, 3.8) is 0 Å². The van der Waals surface area contributed by atoms with E-state index in [0.717, 1.165) is 29.7 Å². The van der Waals surface area contributed by atoms with Crippen LogP contribution in [0.3, 0.4) is 0 Å². The Kier molecular flexibility index (Phi) is 4.75. The smallest absolute Gasteiger partial charge is 0.0426 e. The summed E-state index contributed by atoms with van der Waals surface area (Å²) in [4.78, 5) is 2.60. The van der Waals surface area contributed by atoms with Crippen molar-refractivity contribution in [3.05, 3.63) is 28.8 Å². The minimum absolute atomic E-state index is 0.244. The molecule has 1 atom stereocenters. The van der Waals surface area contributed by atoms with Crippen molar-refractivity contribution in [1.29, 1.82) is 0 Å². The first-order chi connectivity index (χ1) is 10.2. The summed E-state index contributed by atoms with van der Waals surface area (Å²) in [6.45, 7) is 4.56. The lowest BCUT2D eigenvalue weighted by Gasteiger charge is -2.28. The van der Waals surface area contributed by atoms with Crippen molar-refractivity contribution >= 4 is 17.3 Å². The Labute approximate surface area is 133 Å². The second-order valence-corrected chi connectivity index (χ2v) is 7.37. The molecule has 1 aromatic carbocycles. The van der Waals surface area contributed by atoms with Gasteiger partial charge in [0.2, 0.25) is 0 Å². The molecule has 2 aliphatic carbocycles. The van der Waals surface area contributed by atoms with Gasteiger partial charge in [-0.3, -0.25) is 0 Å². The molecule has 116 valence electrons. The summed E-state index contributed by atoms with van der Waals surface area (Å²) in [6.07, 6.45) is 7.55. The second-order valence-electron chi connectivity index (χ2n) is 6.94. The summed E-state index contributed by atoms with van der Waals surface area (Å²) in [5.74, 6) is 1.80. The predicted octanol–water partition coefficient (Wildman–Crippen LogP) is 4.25. The van der Waals surface area contributed by atoms with Crippen LogP contribution < -0.4 is 10.6 Å². The zero-order chi connectivity index (χ0) is 14.8. The predicted molar refractivity (Wildman–Crippen MR) is 91.1 cm³/mol. The normalized spacial score (nSPS) is 19.6. The molecule has 2 aliphatic rings. The summed E-state index contributed by atoms with van der Waals surface area (Å²) in [5, 5.41) is 0.843. The lowest BCUT2D eigenvalue weighted by atomic mass is 10.0. The highest BCUT2D eigenvalue weighted by atomic mass is 35.5. The van der Waals surface area contributed by atoms with Crippen molar-refractivity contribution in [2.75, 3.05) is 18.0 Å². The quantitative estimate of drug-likeness (QED) is 0.778. The molecule has 0 bridgehead atoms. The number of anilines is 1. The fourth-order valence-electron chi connectivity index (χ4n) is 2.93. The van der Waals surface area contributed by atoms with Gasteiger partial charge in [-0.05, 0) is 68.1 Å². The fourth-order valence-corrected chi connectivity index (χ4v) is 3.09. The Balaban J connectivity index is 1.82. The number of hydrogen-bond acceptors (Lipinski definition) is 2. The molecule has 1 unspecified atom stereocenters. The van der Waals surface area contributed by atoms with E-state index in [1.165, 1.54) is 50.0 Å². The van der Waals surface area contributed by atoms with Gasteiger partial charge in [0.15, 0.2) is 0 Å². The SMILES string of the molecule is CCC(N)Cc1ccc(Cl)cc1N(CC1CC1)CC1CC1. The molecular weight excluding hydrogens is 280 g/mol. The zero-order valence-electron chi connectivity index (χ0n) is 13.0. The molecule has 2 nitrogen and oxygen atoms in total. The van der Waals surface area contributed by atoms with Crippen molar-refractivity contribution in [1.82, 2.24) is 0 Å². The van der Waals surface area contributed by atoms with Gasteiger partial charge < -0.3 is 10.6 Å². The minimum atomic E-state index is 0.244. The van der Waals surface area contributed by atoms with Gasteiger partial charge in [-0.25, -0.2) is 0 Å². The van der Waals surface area contributed by atoms with Crippen LogP contribution in [0.15, 0.2) is 18.2 Å². The molecule has 0 aromatic heterocycles. The number of benzene rings is 1. The summed E-state index contributed by atoms with van der Waals surface area (Å²) >= 11 is 6.28. The van der Waals surface area contributed by atoms with E-state index in [1.807, 2.05) is 6.07 Å². The van der Waals surface area contributed by atoms with Crippen molar-refractivity contribution in [2.24, 2.45) is 17.6 Å². The molecule has 0 spiro atoms. The third-order valence-electron chi connectivity index (χ3n) is 4.75. The van der Waals surface area contributed by atoms with Crippen molar-refractivity contribution in [2.45, 2.75) is 51.5 Å². The number of nitrogens with zero attached hydrogens (tertiary/aromatic N) is 1. The van der Waals surface area contributed by atoms with Gasteiger partial charge in [-0.1, -0.05) is 24.6 Å². The minimum Gasteiger partial charge on any atom is -0.371 e. The first-order valence-electron chi connectivity index (χ1n) is 8.44. The van der Waals surface area contributed by atoms with Crippen LogP contribution in [-0.4, -0.2) is 19.1 Å². The highest BCUT2D eigenvalue weighted by molar-refractivity contribution is 6.30. The average molecular weight is 307 g/mol. The van der Waals surface area contributed by atoms with Gasteiger partial charge >= 0.3 is 0 Å². The maximum atomic E-state index is 6.28. The molecular formula is C18H27ClN2. The number of halogens is 1. The third kappa shape index (κ3) is 4.37. The topological polar surface area (TPSA) is 29.3 Å². The van der Waals surface area contributed by atoms with Crippen LogP contribution >= 0.6 is 11.6 Å². The van der Waals surface area contributed by atoms with Gasteiger partial charge in [0.25, 0.3) is 0 Å². The van der Waals surface area contributed by atoms with Crippen LogP contribution in [0.25, 0.3) is 0 Å². The first-order valence-corrected chi connectivity index (χ1v) is 8.82. The number of nitrogens with two attached hydrogens (primary N) is 1. The fraction of sp³-hybridized carbons (Fsp3) is 0.667. The van der Waals surface area contributed by atoms with Gasteiger partial charge in [0, 0.05) is 29.8 Å². The molecule has 0 heterocycles. The first kappa shape index (κ1) is 15.2. The maximum absolute atomic E-state index is 6.28. The van der Waals surface area contributed by atoms with E-state index < -0.39 is 0 Å². The third-order valence-corrected chi connectivity index (χ3v) is 4.98. The summed E-state index contributed by atoms with van der Waals surface area (Å²) in [7, 11) is 0. The molecule has 0 aliphatic heterocycles. The molecule has 0 saturated heterocycles. The lowest BCUT2D eigenvalue weighted by molar-refractivity contribution is 0.636. The van der Waals surface area contributed by atoms with E-state index in [2.05, 4.69) is 24.0 Å². The van der Waals surface area contributed by atoms with E-state index in [0.29, 0.717) is 0 Å². The Morgan fingerprint density at radius 1 is 1.19 bits per heavy atom. The molecule has 21 heavy (non-hydrogen) atoms. The molecule has 2 saturated carbocycles. The Morgan fingerprint density at radius 2 is 1.81 bits per heavy atom. The van der Waals surface area contributed by atoms with Crippen LogP contribution in [0.2, 0.25) is 5.02 Å². The molecule has 3 heteroatoms. The monoisotopic (exact) mass is 306 g/mol. The van der Waals surface area contributed by atoms with Gasteiger partial charge in [0.05, 0.1) is 0 Å². The summed E-state index contributed by atoms with van der Waals surface area (Å²) in [5.41, 5.74) is 8.90. The second kappa shape index (κ2) is 6.58. The molecule has 2 N–H and O–H groups in total. The largest absolute Gasteiger partial charge is 0.371 e. The van der Waals surface area contributed by atoms with Crippen LogP contribution in [-0.2, 0) is 6.42 Å². The van der Waals surface area contributed by atoms with Crippen molar-refractivity contribution in [3.8, 4) is 0 Å². The van der Waals surface area contributed by atoms with Gasteiger partial charge in [-0.2, -0.15) is 0 Å². The average Bonchev–Trinajstić information content (AvgIpc) is 3.35. The molecule has 0 amide bonds. The number of rotatable bonds is 8. The van der Waals surface area contributed by atoms with E-state index in [4.69, 9.17) is 17.3 Å². The van der Waals surface area contributed by atoms with Crippen LogP contribution in [0.1, 0.15) is 44.6 Å². The van der Waals surface area contributed by atoms with Gasteiger partial charge in [-0.15, -0.1) is 0 Å². The van der Waals surface area contributed by atoms with Crippen LogP contribution in [0.5, 0.6) is 0 Å². The molecule has 2 fully saturated rings. The van der Waals surface area contributed by atoms with E-state index in [-0.39, 0.29) is 6.04 Å². The molecule has 0 radical (unpaired) electrons. The number of hydrogen-bond donors (Lipinski definition) is 1. The van der Waals surface area contributed by atoms with E-state index >= 15 is 0 Å². The van der Waals surface area contributed by atoms with Gasteiger partial charge in [0.1, 0.15) is 0 Å². The maximum Gasteiger partial charge on any atom is 0.0426 e. The molecule has 3 rings (SSSR count). The zero-order valence-corrected chi connectivity index (χ0v) is 13.8. The van der Waals surface area contributed by atoms with Crippen LogP contribution in [0, 0.1) is 11.8 Å². The van der Waals surface area contributed by atoms with Crippen molar-refractivity contribution < 1.29 is 0 Å². The highest BCUT2D eigenvalue weighted by Gasteiger charge is 2.30. The van der Waals surface area contributed by atoms with E-state index in [9.17, 15) is 0 Å². The Bertz CT molecular complexity index is 466. The summed E-state index contributed by atoms with van der Waals surface area (Å²) in [6, 6.07) is 6.59. The van der Waals surface area contributed by atoms with Crippen LogP contribution in [0.4, 0.5) is 5.69 Å². The molecule has 1 aromatic rings. The van der Waals surface area contributed by atoms with E-state index in [1.54, 1.807) is 0 Å². The standard InChI is InChI=1S/C18H27ClN2/c1-2-17(20)9-15-7-8-16(19)10-18(15)21(11-13-3-4-13)12-14-5-6-14/h7-8,10,13-14,17H,2-6,9,11-12,20H2,1H3. The highest BCUT2D eigenvalue weighted by Crippen LogP contribution is 2.37.